The van der Waals surface area contributed by atoms with Gasteiger partial charge in [-0.15, -0.1) is 0 Å². The molecule has 36 heavy (non-hydrogen) atoms. The van der Waals surface area contributed by atoms with Crippen LogP contribution in [0.15, 0.2) is 53.6 Å². The van der Waals surface area contributed by atoms with Crippen LogP contribution in [0.1, 0.15) is 43.4 Å². The van der Waals surface area contributed by atoms with Gasteiger partial charge >= 0.3 is 0 Å². The molecule has 1 aliphatic carbocycles. The van der Waals surface area contributed by atoms with Crippen molar-refractivity contribution in [1.82, 2.24) is 15.3 Å². The van der Waals surface area contributed by atoms with Crippen molar-refractivity contribution in [3.05, 3.63) is 64.8 Å². The normalized spacial score (nSPS) is 17.0. The molecule has 0 unspecified atom stereocenters. The SMILES string of the molecule is CN(C)c1ccc(CN)c2ccccc12.O=C1NC(=O)/C(=C/c2ccnc(NC3CCCCC3)n2)S1. The zero-order valence-electron chi connectivity index (χ0n) is 20.7. The molecule has 2 heterocycles. The number of nitrogens with one attached hydrogen (secondary N) is 2. The summed E-state index contributed by atoms with van der Waals surface area (Å²) in [5, 5.41) is 7.74. The number of nitrogens with two attached hydrogens (primary N) is 1. The summed E-state index contributed by atoms with van der Waals surface area (Å²) in [5.74, 6) is 0.205. The molecule has 1 aliphatic heterocycles. The van der Waals surface area contributed by atoms with E-state index in [9.17, 15) is 9.59 Å². The van der Waals surface area contributed by atoms with Crippen molar-refractivity contribution >= 4 is 51.4 Å². The zero-order chi connectivity index (χ0) is 25.5. The van der Waals surface area contributed by atoms with Gasteiger partial charge in [-0.05, 0) is 53.8 Å². The molecule has 0 bridgehead atoms. The van der Waals surface area contributed by atoms with Gasteiger partial charge in [-0.25, -0.2) is 9.97 Å². The molecule has 1 aromatic heterocycles. The number of hydrogen-bond donors (Lipinski definition) is 3. The molecule has 188 valence electrons. The van der Waals surface area contributed by atoms with Crippen molar-refractivity contribution in [2.75, 3.05) is 24.3 Å². The molecule has 8 nitrogen and oxygen atoms in total. The number of rotatable bonds is 5. The molecule has 0 radical (unpaired) electrons. The number of benzene rings is 2. The number of fused-ring (bicyclic) bond motifs is 1. The van der Waals surface area contributed by atoms with Crippen molar-refractivity contribution < 1.29 is 9.59 Å². The standard InChI is InChI=1S/C14H16N4O2S.C13H16N2/c19-12-11(21-14(20)18-12)8-10-6-7-15-13(17-10)16-9-4-2-1-3-5-9;1-15(2)13-8-7-10(9-14)11-5-3-4-6-12(11)13/h6-9H,1-5H2,(H,15,16,17)(H,18,19,20);3-8H,9,14H2,1-2H3/b11-8-;. The van der Waals surface area contributed by atoms with E-state index in [4.69, 9.17) is 5.73 Å². The fourth-order valence-electron chi connectivity index (χ4n) is 4.42. The van der Waals surface area contributed by atoms with E-state index in [1.165, 1.54) is 41.3 Å². The minimum Gasteiger partial charge on any atom is -0.377 e. The number of amides is 2. The quantitative estimate of drug-likeness (QED) is 0.420. The van der Waals surface area contributed by atoms with Crippen LogP contribution < -0.4 is 21.3 Å². The molecule has 9 heteroatoms. The molecule has 1 saturated carbocycles. The van der Waals surface area contributed by atoms with Crippen molar-refractivity contribution in [2.45, 2.75) is 44.7 Å². The second kappa shape index (κ2) is 12.0. The third-order valence-electron chi connectivity index (χ3n) is 6.23. The van der Waals surface area contributed by atoms with E-state index in [1.807, 2.05) is 0 Å². The van der Waals surface area contributed by atoms with Crippen molar-refractivity contribution in [2.24, 2.45) is 5.73 Å². The third kappa shape index (κ3) is 6.41. The summed E-state index contributed by atoms with van der Waals surface area (Å²) >= 11 is 0.891. The number of hydrogen-bond acceptors (Lipinski definition) is 8. The summed E-state index contributed by atoms with van der Waals surface area (Å²) in [6.07, 6.45) is 9.32. The lowest BCUT2D eigenvalue weighted by Gasteiger charge is -2.22. The number of carbonyl (C=O) groups excluding carboxylic acids is 2. The van der Waals surface area contributed by atoms with Crippen LogP contribution >= 0.6 is 11.8 Å². The summed E-state index contributed by atoms with van der Waals surface area (Å²) in [4.78, 5) is 33.7. The predicted octanol–water partition coefficient (Wildman–Crippen LogP) is 4.91. The largest absolute Gasteiger partial charge is 0.377 e. The summed E-state index contributed by atoms with van der Waals surface area (Å²) in [6, 6.07) is 14.8. The first-order valence-corrected chi connectivity index (χ1v) is 13.0. The summed E-state index contributed by atoms with van der Waals surface area (Å²) < 4.78 is 0. The van der Waals surface area contributed by atoms with Gasteiger partial charge in [0.05, 0.1) is 10.6 Å². The fraction of sp³-hybridized carbons (Fsp3) is 0.333. The Bertz CT molecular complexity index is 1270. The monoisotopic (exact) mass is 504 g/mol. The average Bonchev–Trinajstić information content (AvgIpc) is 3.20. The van der Waals surface area contributed by atoms with E-state index in [2.05, 4.69) is 76.0 Å². The summed E-state index contributed by atoms with van der Waals surface area (Å²) in [7, 11) is 4.12. The zero-order valence-corrected chi connectivity index (χ0v) is 21.5. The lowest BCUT2D eigenvalue weighted by Crippen LogP contribution is -2.23. The van der Waals surface area contributed by atoms with Crippen LogP contribution in [0.3, 0.4) is 0 Å². The number of aromatic nitrogens is 2. The summed E-state index contributed by atoms with van der Waals surface area (Å²) in [6.45, 7) is 0.591. The Balaban J connectivity index is 0.000000179. The topological polar surface area (TPSA) is 113 Å². The highest BCUT2D eigenvalue weighted by Gasteiger charge is 2.25. The van der Waals surface area contributed by atoms with Crippen LogP contribution in [-0.2, 0) is 11.3 Å². The Morgan fingerprint density at radius 1 is 1.08 bits per heavy atom. The maximum atomic E-state index is 11.5. The fourth-order valence-corrected chi connectivity index (χ4v) is 5.09. The molecule has 0 spiro atoms. The molecule has 5 rings (SSSR count). The van der Waals surface area contributed by atoms with Crippen LogP contribution in [0, 0.1) is 0 Å². The van der Waals surface area contributed by atoms with Crippen LogP contribution in [-0.4, -0.2) is 41.3 Å². The van der Waals surface area contributed by atoms with Crippen molar-refractivity contribution in [3.63, 3.8) is 0 Å². The first-order valence-electron chi connectivity index (χ1n) is 12.2. The minimum absolute atomic E-state index is 0.346. The van der Waals surface area contributed by atoms with E-state index in [0.29, 0.717) is 29.1 Å². The second-order valence-corrected chi connectivity index (χ2v) is 10.0. The van der Waals surface area contributed by atoms with Gasteiger partial charge in [-0.1, -0.05) is 49.6 Å². The molecule has 0 atom stereocenters. The lowest BCUT2D eigenvalue weighted by molar-refractivity contribution is -0.115. The molecule has 2 aromatic carbocycles. The molecule has 1 saturated heterocycles. The summed E-state index contributed by atoms with van der Waals surface area (Å²) in [5.41, 5.74) is 8.79. The number of anilines is 2. The van der Waals surface area contributed by atoms with E-state index in [1.54, 1.807) is 18.3 Å². The molecule has 2 aliphatic rings. The molecule has 2 fully saturated rings. The minimum atomic E-state index is -0.370. The van der Waals surface area contributed by atoms with Gasteiger partial charge in [0.1, 0.15) is 0 Å². The third-order valence-corrected chi connectivity index (χ3v) is 7.04. The first-order chi connectivity index (χ1) is 17.4. The number of thioether (sulfide) groups is 1. The van der Waals surface area contributed by atoms with Crippen molar-refractivity contribution in [3.8, 4) is 0 Å². The number of carbonyl (C=O) groups is 2. The Hall–Kier alpha value is -3.43. The molecular weight excluding hydrogens is 472 g/mol. The van der Waals surface area contributed by atoms with Crippen LogP contribution in [0.2, 0.25) is 0 Å². The van der Waals surface area contributed by atoms with Gasteiger partial charge < -0.3 is 16.0 Å². The predicted molar refractivity (Wildman–Crippen MR) is 148 cm³/mol. The highest BCUT2D eigenvalue weighted by atomic mass is 32.2. The van der Waals surface area contributed by atoms with Crippen LogP contribution in [0.5, 0.6) is 0 Å². The Morgan fingerprint density at radius 2 is 1.83 bits per heavy atom. The smallest absolute Gasteiger partial charge is 0.290 e. The second-order valence-electron chi connectivity index (χ2n) is 9.02. The molecular formula is C27H32N6O2S. The van der Waals surface area contributed by atoms with Gasteiger partial charge in [-0.3, -0.25) is 14.9 Å². The highest BCUT2D eigenvalue weighted by molar-refractivity contribution is 8.18. The highest BCUT2D eigenvalue weighted by Crippen LogP contribution is 2.28. The van der Waals surface area contributed by atoms with E-state index in [-0.39, 0.29) is 11.1 Å². The molecule has 2 amide bonds. The Labute approximate surface area is 215 Å². The molecule has 4 N–H and O–H groups in total. The van der Waals surface area contributed by atoms with Gasteiger partial charge in [0, 0.05) is 44.0 Å². The van der Waals surface area contributed by atoms with Crippen molar-refractivity contribution in [1.29, 1.82) is 0 Å². The van der Waals surface area contributed by atoms with E-state index >= 15 is 0 Å². The van der Waals surface area contributed by atoms with Crippen LogP contribution in [0.25, 0.3) is 16.8 Å². The lowest BCUT2D eigenvalue weighted by atomic mass is 9.96. The maximum Gasteiger partial charge on any atom is 0.290 e. The van der Waals surface area contributed by atoms with E-state index in [0.717, 1.165) is 24.6 Å². The Kier molecular flexibility index (Phi) is 8.56. The first kappa shape index (κ1) is 25.7. The van der Waals surface area contributed by atoms with Crippen LogP contribution in [0.4, 0.5) is 16.4 Å². The molecule has 3 aromatic rings. The van der Waals surface area contributed by atoms with Gasteiger partial charge in [0.15, 0.2) is 0 Å². The number of imide groups is 1. The average molecular weight is 505 g/mol. The van der Waals surface area contributed by atoms with Gasteiger partial charge in [-0.2, -0.15) is 0 Å². The van der Waals surface area contributed by atoms with E-state index < -0.39 is 0 Å². The van der Waals surface area contributed by atoms with Gasteiger partial charge in [0.25, 0.3) is 11.1 Å². The Morgan fingerprint density at radius 3 is 2.50 bits per heavy atom. The maximum absolute atomic E-state index is 11.5. The number of nitrogens with zero attached hydrogens (tertiary/aromatic N) is 3. The van der Waals surface area contributed by atoms with Gasteiger partial charge in [0.2, 0.25) is 5.95 Å².